The first kappa shape index (κ1) is 12.1. The van der Waals surface area contributed by atoms with E-state index in [9.17, 15) is 8.78 Å². The van der Waals surface area contributed by atoms with E-state index in [1.807, 2.05) is 0 Å². The Morgan fingerprint density at radius 2 is 1.82 bits per heavy atom. The van der Waals surface area contributed by atoms with Gasteiger partial charge in [0.15, 0.2) is 11.6 Å². The van der Waals surface area contributed by atoms with Gasteiger partial charge in [-0.15, -0.1) is 0 Å². The molecular weight excluding hydrogens is 290 g/mol. The summed E-state index contributed by atoms with van der Waals surface area (Å²) in [6.45, 7) is 0. The van der Waals surface area contributed by atoms with E-state index in [-0.39, 0.29) is 0 Å². The number of halogens is 3. The van der Waals surface area contributed by atoms with Gasteiger partial charge in [0.05, 0.1) is 6.04 Å². The molecule has 0 aliphatic rings. The molecule has 2 rings (SSSR count). The summed E-state index contributed by atoms with van der Waals surface area (Å²) >= 11 is 3.28. The van der Waals surface area contributed by atoms with Crippen molar-refractivity contribution in [3.63, 3.8) is 0 Å². The molecule has 0 amide bonds. The van der Waals surface area contributed by atoms with Crippen LogP contribution in [0.4, 0.5) is 8.78 Å². The molecule has 2 nitrogen and oxygen atoms in total. The van der Waals surface area contributed by atoms with Crippen molar-refractivity contribution in [2.45, 2.75) is 6.04 Å². The second-order valence-corrected chi connectivity index (χ2v) is 4.50. The predicted octanol–water partition coefficient (Wildman–Crippen LogP) is 3.17. The summed E-state index contributed by atoms with van der Waals surface area (Å²) in [7, 11) is 0. The molecule has 0 fully saturated rings. The van der Waals surface area contributed by atoms with Crippen LogP contribution in [-0.4, -0.2) is 4.98 Å². The van der Waals surface area contributed by atoms with E-state index in [4.69, 9.17) is 5.73 Å². The van der Waals surface area contributed by atoms with Gasteiger partial charge in [0, 0.05) is 16.9 Å². The summed E-state index contributed by atoms with van der Waals surface area (Å²) in [6.07, 6.45) is 3.22. The van der Waals surface area contributed by atoms with Gasteiger partial charge in [-0.25, -0.2) is 8.78 Å². The molecule has 1 aromatic carbocycles. The maximum Gasteiger partial charge on any atom is 0.159 e. The first-order valence-electron chi connectivity index (χ1n) is 4.89. The van der Waals surface area contributed by atoms with E-state index in [0.29, 0.717) is 5.56 Å². The first-order chi connectivity index (χ1) is 8.08. The monoisotopic (exact) mass is 298 g/mol. The lowest BCUT2D eigenvalue weighted by atomic mass is 10.0. The summed E-state index contributed by atoms with van der Waals surface area (Å²) in [6, 6.07) is 4.88. The molecule has 2 aromatic rings. The molecule has 88 valence electrons. The van der Waals surface area contributed by atoms with Crippen molar-refractivity contribution >= 4 is 15.9 Å². The standard InChI is InChI=1S/C12H9BrF2N2/c13-9-3-8(5-17-6-9)12(16)7-1-2-10(14)11(15)4-7/h1-6,12H,16H2. The average Bonchev–Trinajstić information content (AvgIpc) is 2.32. The Kier molecular flexibility index (Phi) is 3.49. The fraction of sp³-hybridized carbons (Fsp3) is 0.0833. The summed E-state index contributed by atoms with van der Waals surface area (Å²) in [5.74, 6) is -1.78. The van der Waals surface area contributed by atoms with Crippen molar-refractivity contribution in [3.8, 4) is 0 Å². The van der Waals surface area contributed by atoms with Gasteiger partial charge in [0.1, 0.15) is 0 Å². The highest BCUT2D eigenvalue weighted by Gasteiger charge is 2.12. The molecule has 0 saturated carbocycles. The number of hydrogen-bond acceptors (Lipinski definition) is 2. The number of rotatable bonds is 2. The van der Waals surface area contributed by atoms with Crippen LogP contribution in [0.5, 0.6) is 0 Å². The van der Waals surface area contributed by atoms with Crippen LogP contribution in [0.2, 0.25) is 0 Å². The van der Waals surface area contributed by atoms with Gasteiger partial charge in [-0.05, 0) is 45.3 Å². The quantitative estimate of drug-likeness (QED) is 0.925. The smallest absolute Gasteiger partial charge is 0.159 e. The van der Waals surface area contributed by atoms with Crippen LogP contribution in [0.15, 0.2) is 41.1 Å². The van der Waals surface area contributed by atoms with Crippen LogP contribution >= 0.6 is 15.9 Å². The molecule has 0 aliphatic carbocycles. The van der Waals surface area contributed by atoms with Crippen molar-refractivity contribution in [1.82, 2.24) is 4.98 Å². The van der Waals surface area contributed by atoms with E-state index < -0.39 is 17.7 Å². The highest BCUT2D eigenvalue weighted by atomic mass is 79.9. The Morgan fingerprint density at radius 1 is 1.06 bits per heavy atom. The second-order valence-electron chi connectivity index (χ2n) is 3.59. The van der Waals surface area contributed by atoms with E-state index in [1.54, 1.807) is 18.5 Å². The number of nitrogens with two attached hydrogens (primary N) is 1. The topological polar surface area (TPSA) is 38.9 Å². The minimum Gasteiger partial charge on any atom is -0.320 e. The van der Waals surface area contributed by atoms with Gasteiger partial charge >= 0.3 is 0 Å². The fourth-order valence-corrected chi connectivity index (χ4v) is 1.88. The van der Waals surface area contributed by atoms with E-state index in [2.05, 4.69) is 20.9 Å². The molecule has 1 aromatic heterocycles. The lowest BCUT2D eigenvalue weighted by molar-refractivity contribution is 0.506. The molecule has 2 N–H and O–H groups in total. The van der Waals surface area contributed by atoms with E-state index >= 15 is 0 Å². The van der Waals surface area contributed by atoms with Gasteiger partial charge in [0.2, 0.25) is 0 Å². The number of pyridine rings is 1. The van der Waals surface area contributed by atoms with Crippen LogP contribution in [0.25, 0.3) is 0 Å². The molecule has 1 atom stereocenters. The number of aromatic nitrogens is 1. The van der Waals surface area contributed by atoms with Gasteiger partial charge < -0.3 is 5.73 Å². The number of nitrogens with zero attached hydrogens (tertiary/aromatic N) is 1. The molecule has 5 heteroatoms. The average molecular weight is 299 g/mol. The normalized spacial score (nSPS) is 12.5. The molecule has 1 heterocycles. The zero-order valence-electron chi connectivity index (χ0n) is 8.70. The summed E-state index contributed by atoms with van der Waals surface area (Å²) < 4.78 is 26.7. The Bertz CT molecular complexity index is 546. The van der Waals surface area contributed by atoms with Crippen molar-refractivity contribution < 1.29 is 8.78 Å². The van der Waals surface area contributed by atoms with Gasteiger partial charge in [0.25, 0.3) is 0 Å². The summed E-state index contributed by atoms with van der Waals surface area (Å²) in [4.78, 5) is 3.98. The highest BCUT2D eigenvalue weighted by Crippen LogP contribution is 2.22. The SMILES string of the molecule is NC(c1cncc(Br)c1)c1ccc(F)c(F)c1. The van der Waals surface area contributed by atoms with Crippen molar-refractivity contribution in [2.24, 2.45) is 5.73 Å². The Labute approximate surface area is 106 Å². The second kappa shape index (κ2) is 4.89. The molecule has 17 heavy (non-hydrogen) atoms. The van der Waals surface area contributed by atoms with Gasteiger partial charge in [-0.2, -0.15) is 0 Å². The third-order valence-electron chi connectivity index (χ3n) is 2.39. The maximum atomic E-state index is 13.1. The Balaban J connectivity index is 2.36. The predicted molar refractivity (Wildman–Crippen MR) is 64.3 cm³/mol. The van der Waals surface area contributed by atoms with Crippen LogP contribution in [-0.2, 0) is 0 Å². The molecule has 0 aliphatic heterocycles. The first-order valence-corrected chi connectivity index (χ1v) is 5.68. The molecule has 0 spiro atoms. The van der Waals surface area contributed by atoms with Crippen LogP contribution in [0.1, 0.15) is 17.2 Å². The third kappa shape index (κ3) is 2.68. The zero-order chi connectivity index (χ0) is 12.4. The minimum atomic E-state index is -0.902. The van der Waals surface area contributed by atoms with E-state index in [0.717, 1.165) is 22.2 Å². The molecular formula is C12H9BrF2N2. The highest BCUT2D eigenvalue weighted by molar-refractivity contribution is 9.10. The number of hydrogen-bond donors (Lipinski definition) is 1. The maximum absolute atomic E-state index is 13.1. The summed E-state index contributed by atoms with van der Waals surface area (Å²) in [5, 5.41) is 0. The number of benzene rings is 1. The third-order valence-corrected chi connectivity index (χ3v) is 2.82. The molecule has 0 saturated heterocycles. The lowest BCUT2D eigenvalue weighted by Crippen LogP contribution is -2.12. The van der Waals surface area contributed by atoms with Crippen molar-refractivity contribution in [1.29, 1.82) is 0 Å². The van der Waals surface area contributed by atoms with Gasteiger partial charge in [-0.1, -0.05) is 6.07 Å². The zero-order valence-corrected chi connectivity index (χ0v) is 10.3. The summed E-state index contributed by atoms with van der Waals surface area (Å²) in [5.41, 5.74) is 7.18. The van der Waals surface area contributed by atoms with Crippen LogP contribution in [0, 0.1) is 11.6 Å². The molecule has 1 unspecified atom stereocenters. The van der Waals surface area contributed by atoms with Gasteiger partial charge in [-0.3, -0.25) is 4.98 Å². The molecule has 0 bridgehead atoms. The largest absolute Gasteiger partial charge is 0.320 e. The molecule has 0 radical (unpaired) electrons. The lowest BCUT2D eigenvalue weighted by Gasteiger charge is -2.12. The van der Waals surface area contributed by atoms with Crippen molar-refractivity contribution in [2.75, 3.05) is 0 Å². The minimum absolute atomic E-state index is 0.504. The van der Waals surface area contributed by atoms with Crippen molar-refractivity contribution in [3.05, 3.63) is 63.9 Å². The Morgan fingerprint density at radius 3 is 2.47 bits per heavy atom. The fourth-order valence-electron chi connectivity index (χ4n) is 1.50. The van der Waals surface area contributed by atoms with E-state index in [1.165, 1.54) is 6.07 Å². The van der Waals surface area contributed by atoms with Crippen LogP contribution < -0.4 is 5.73 Å². The van der Waals surface area contributed by atoms with Crippen LogP contribution in [0.3, 0.4) is 0 Å². The Hall–Kier alpha value is -1.33.